The van der Waals surface area contributed by atoms with Crippen LogP contribution < -0.4 is 11.1 Å². The molecule has 0 aliphatic rings. The molecule has 0 spiro atoms. The van der Waals surface area contributed by atoms with Crippen LogP contribution >= 0.6 is 11.5 Å². The summed E-state index contributed by atoms with van der Waals surface area (Å²) in [6.45, 7) is 1.90. The highest BCUT2D eigenvalue weighted by Crippen LogP contribution is 2.04. The Morgan fingerprint density at radius 1 is 1.81 bits per heavy atom. The van der Waals surface area contributed by atoms with Gasteiger partial charge in [-0.2, -0.15) is 0 Å². The summed E-state index contributed by atoms with van der Waals surface area (Å²) in [5.41, 5.74) is 5.37. The number of rotatable bonds is 5. The first-order chi connectivity index (χ1) is 7.67. The SMILES string of the molecule is CCC(CC(N)=NO)NC(=O)c1cnns1. The topological polar surface area (TPSA) is 113 Å². The van der Waals surface area contributed by atoms with E-state index in [1.54, 1.807) is 0 Å². The summed E-state index contributed by atoms with van der Waals surface area (Å²) in [7, 11) is 0. The summed E-state index contributed by atoms with van der Waals surface area (Å²) in [6.07, 6.45) is 2.40. The van der Waals surface area contributed by atoms with Crippen molar-refractivity contribution in [1.82, 2.24) is 14.9 Å². The zero-order valence-corrected chi connectivity index (χ0v) is 9.57. The largest absolute Gasteiger partial charge is 0.409 e. The fourth-order valence-electron chi connectivity index (χ4n) is 1.11. The first-order valence-corrected chi connectivity index (χ1v) is 5.49. The van der Waals surface area contributed by atoms with Crippen LogP contribution in [0, 0.1) is 0 Å². The van der Waals surface area contributed by atoms with Crippen LogP contribution in [-0.2, 0) is 0 Å². The lowest BCUT2D eigenvalue weighted by Gasteiger charge is -2.14. The Bertz CT molecular complexity index is 365. The third kappa shape index (κ3) is 3.46. The van der Waals surface area contributed by atoms with E-state index in [9.17, 15) is 4.79 Å². The molecule has 0 fully saturated rings. The Hall–Kier alpha value is -1.70. The van der Waals surface area contributed by atoms with Gasteiger partial charge in [-0.05, 0) is 18.0 Å². The first kappa shape index (κ1) is 12.4. The average molecular weight is 243 g/mol. The van der Waals surface area contributed by atoms with Crippen LogP contribution in [0.4, 0.5) is 0 Å². The van der Waals surface area contributed by atoms with Gasteiger partial charge in [0.1, 0.15) is 10.7 Å². The maximum Gasteiger partial charge on any atom is 0.264 e. The van der Waals surface area contributed by atoms with Gasteiger partial charge in [-0.1, -0.05) is 16.6 Å². The van der Waals surface area contributed by atoms with Crippen LogP contribution in [0.3, 0.4) is 0 Å². The fourth-order valence-corrected chi connectivity index (χ4v) is 1.53. The van der Waals surface area contributed by atoms with Crippen LogP contribution in [0.15, 0.2) is 11.4 Å². The molecule has 0 saturated carbocycles. The van der Waals surface area contributed by atoms with Crippen LogP contribution in [0.25, 0.3) is 0 Å². The summed E-state index contributed by atoms with van der Waals surface area (Å²) in [5, 5.41) is 17.6. The van der Waals surface area contributed by atoms with Gasteiger partial charge in [0.25, 0.3) is 5.91 Å². The zero-order valence-electron chi connectivity index (χ0n) is 8.75. The molecular formula is C8H13N5O2S. The van der Waals surface area contributed by atoms with Gasteiger partial charge in [-0.15, -0.1) is 5.10 Å². The van der Waals surface area contributed by atoms with Gasteiger partial charge in [-0.25, -0.2) is 0 Å². The van der Waals surface area contributed by atoms with Gasteiger partial charge in [0.15, 0.2) is 0 Å². The van der Waals surface area contributed by atoms with E-state index >= 15 is 0 Å². The highest BCUT2D eigenvalue weighted by atomic mass is 32.1. The van der Waals surface area contributed by atoms with Gasteiger partial charge in [0, 0.05) is 12.5 Å². The molecule has 1 aromatic rings. The van der Waals surface area contributed by atoms with Gasteiger partial charge < -0.3 is 16.3 Å². The number of aromatic nitrogens is 2. The van der Waals surface area contributed by atoms with E-state index in [0.717, 1.165) is 11.5 Å². The van der Waals surface area contributed by atoms with E-state index in [4.69, 9.17) is 10.9 Å². The fraction of sp³-hybridized carbons (Fsp3) is 0.500. The van der Waals surface area contributed by atoms with Crippen LogP contribution in [-0.4, -0.2) is 32.6 Å². The summed E-state index contributed by atoms with van der Waals surface area (Å²) in [5.74, 6) is -0.151. The Balaban J connectivity index is 2.54. The van der Waals surface area contributed by atoms with Crippen molar-refractivity contribution >= 4 is 23.3 Å². The lowest BCUT2D eigenvalue weighted by molar-refractivity contribution is 0.0941. The summed E-state index contributed by atoms with van der Waals surface area (Å²) in [4.78, 5) is 12.1. The molecule has 0 bridgehead atoms. The minimum absolute atomic E-state index is 0.0922. The van der Waals surface area contributed by atoms with Crippen molar-refractivity contribution in [3.05, 3.63) is 11.1 Å². The molecule has 1 heterocycles. The number of amidine groups is 1. The number of nitrogens with one attached hydrogen (secondary N) is 1. The minimum atomic E-state index is -0.243. The molecule has 1 atom stereocenters. The first-order valence-electron chi connectivity index (χ1n) is 4.72. The third-order valence-electron chi connectivity index (χ3n) is 2.00. The normalized spacial score (nSPS) is 13.4. The number of nitrogens with two attached hydrogens (primary N) is 1. The smallest absolute Gasteiger partial charge is 0.264 e. The Morgan fingerprint density at radius 3 is 3.06 bits per heavy atom. The van der Waals surface area contributed by atoms with Crippen molar-refractivity contribution < 1.29 is 10.0 Å². The second-order valence-electron chi connectivity index (χ2n) is 3.16. The van der Waals surface area contributed by atoms with E-state index in [2.05, 4.69) is 20.1 Å². The van der Waals surface area contributed by atoms with E-state index in [1.807, 2.05) is 6.92 Å². The maximum atomic E-state index is 11.6. The van der Waals surface area contributed by atoms with E-state index < -0.39 is 0 Å². The Kier molecular flexibility index (Phi) is 4.65. The second kappa shape index (κ2) is 6.01. The number of hydrogen-bond acceptors (Lipinski definition) is 6. The molecule has 88 valence electrons. The maximum absolute atomic E-state index is 11.6. The molecule has 1 aromatic heterocycles. The third-order valence-corrected chi connectivity index (χ3v) is 2.66. The highest BCUT2D eigenvalue weighted by Gasteiger charge is 2.15. The molecule has 8 heteroatoms. The van der Waals surface area contributed by atoms with Crippen molar-refractivity contribution in [1.29, 1.82) is 0 Å². The Morgan fingerprint density at radius 2 is 2.56 bits per heavy atom. The molecule has 1 amide bonds. The lowest BCUT2D eigenvalue weighted by Crippen LogP contribution is -2.37. The van der Waals surface area contributed by atoms with Gasteiger partial charge in [0.05, 0.1) is 6.20 Å². The van der Waals surface area contributed by atoms with Gasteiger partial charge in [-0.3, -0.25) is 4.79 Å². The van der Waals surface area contributed by atoms with E-state index in [1.165, 1.54) is 6.20 Å². The standard InChI is InChI=1S/C8H13N5O2S/c1-2-5(3-7(9)12-15)11-8(14)6-4-10-13-16-6/h4-5,15H,2-3H2,1H3,(H2,9,12)(H,11,14). The number of amides is 1. The minimum Gasteiger partial charge on any atom is -0.409 e. The Labute approximate surface area is 96.5 Å². The number of carbonyl (C=O) groups is 1. The van der Waals surface area contributed by atoms with Crippen molar-refractivity contribution in [2.24, 2.45) is 10.9 Å². The van der Waals surface area contributed by atoms with Crippen LogP contribution in [0.1, 0.15) is 29.4 Å². The second-order valence-corrected chi connectivity index (χ2v) is 3.94. The molecule has 0 aromatic carbocycles. The van der Waals surface area contributed by atoms with E-state index in [-0.39, 0.29) is 17.8 Å². The van der Waals surface area contributed by atoms with Crippen molar-refractivity contribution in [3.8, 4) is 0 Å². The monoisotopic (exact) mass is 243 g/mol. The molecule has 1 unspecified atom stereocenters. The quantitative estimate of drug-likeness (QED) is 0.295. The number of hydrogen-bond donors (Lipinski definition) is 3. The molecule has 16 heavy (non-hydrogen) atoms. The molecule has 0 radical (unpaired) electrons. The highest BCUT2D eigenvalue weighted by molar-refractivity contribution is 7.07. The van der Waals surface area contributed by atoms with Gasteiger partial charge in [0.2, 0.25) is 0 Å². The number of oxime groups is 1. The van der Waals surface area contributed by atoms with Crippen LogP contribution in [0.2, 0.25) is 0 Å². The van der Waals surface area contributed by atoms with E-state index in [0.29, 0.717) is 17.7 Å². The molecule has 0 aliphatic heterocycles. The molecule has 7 nitrogen and oxygen atoms in total. The summed E-state index contributed by atoms with van der Waals surface area (Å²) in [6, 6.07) is -0.162. The number of carbonyl (C=O) groups excluding carboxylic acids is 1. The van der Waals surface area contributed by atoms with Crippen molar-refractivity contribution in [2.75, 3.05) is 0 Å². The zero-order chi connectivity index (χ0) is 12.0. The van der Waals surface area contributed by atoms with Gasteiger partial charge >= 0.3 is 0 Å². The van der Waals surface area contributed by atoms with Crippen molar-refractivity contribution in [3.63, 3.8) is 0 Å². The van der Waals surface area contributed by atoms with Crippen LogP contribution in [0.5, 0.6) is 0 Å². The molecule has 0 saturated heterocycles. The lowest BCUT2D eigenvalue weighted by atomic mass is 10.1. The summed E-state index contributed by atoms with van der Waals surface area (Å²) >= 11 is 1.02. The number of nitrogens with zero attached hydrogens (tertiary/aromatic N) is 3. The molecule has 1 rings (SSSR count). The van der Waals surface area contributed by atoms with Crippen molar-refractivity contribution in [2.45, 2.75) is 25.8 Å². The predicted molar refractivity (Wildman–Crippen MR) is 59.5 cm³/mol. The molecule has 4 N–H and O–H groups in total. The summed E-state index contributed by atoms with van der Waals surface area (Å²) < 4.78 is 3.60. The predicted octanol–water partition coefficient (Wildman–Crippen LogP) is 0.183. The molecular weight excluding hydrogens is 230 g/mol. The molecule has 0 aliphatic carbocycles. The average Bonchev–Trinajstić information content (AvgIpc) is 2.81.